The Labute approximate surface area is 138 Å². The van der Waals surface area contributed by atoms with E-state index in [4.69, 9.17) is 0 Å². The first kappa shape index (κ1) is 17.3. The van der Waals surface area contributed by atoms with Crippen LogP contribution in [-0.4, -0.2) is 0 Å². The van der Waals surface area contributed by atoms with Gasteiger partial charge in [-0.25, -0.2) is 0 Å². The van der Waals surface area contributed by atoms with Crippen molar-refractivity contribution in [1.82, 2.24) is 0 Å². The normalized spacial score (nSPS) is 27.0. The number of hydrogen-bond acceptors (Lipinski definition) is 0. The van der Waals surface area contributed by atoms with Crippen LogP contribution < -0.4 is 0 Å². The fraction of sp³-hybridized carbons (Fsp3) is 0.636. The van der Waals surface area contributed by atoms with Gasteiger partial charge in [-0.3, -0.25) is 0 Å². The zero-order valence-electron chi connectivity index (χ0n) is 14.9. The van der Waals surface area contributed by atoms with Crippen molar-refractivity contribution in [3.05, 3.63) is 47.6 Å². The third kappa shape index (κ3) is 3.83. The molecule has 0 heteroatoms. The van der Waals surface area contributed by atoms with Gasteiger partial charge >= 0.3 is 0 Å². The summed E-state index contributed by atoms with van der Waals surface area (Å²) < 4.78 is 0. The summed E-state index contributed by atoms with van der Waals surface area (Å²) in [6.45, 7) is 10.9. The van der Waals surface area contributed by atoms with Crippen LogP contribution in [0.5, 0.6) is 0 Å². The molecule has 0 bridgehead atoms. The topological polar surface area (TPSA) is 0 Å². The van der Waals surface area contributed by atoms with Crippen LogP contribution in [0, 0.1) is 17.8 Å². The molecule has 3 atom stereocenters. The lowest BCUT2D eigenvalue weighted by atomic mass is 9.80. The van der Waals surface area contributed by atoms with E-state index in [1.807, 2.05) is 0 Å². The van der Waals surface area contributed by atoms with Gasteiger partial charge in [-0.2, -0.15) is 0 Å². The van der Waals surface area contributed by atoms with Gasteiger partial charge in [0, 0.05) is 5.92 Å². The summed E-state index contributed by atoms with van der Waals surface area (Å²) in [5, 5.41) is 0. The second-order valence-electron chi connectivity index (χ2n) is 7.03. The lowest BCUT2D eigenvalue weighted by Crippen LogP contribution is -2.15. The van der Waals surface area contributed by atoms with Crippen molar-refractivity contribution >= 4 is 0 Å². The molecule has 0 fully saturated rings. The number of hydrogen-bond donors (Lipinski definition) is 0. The maximum absolute atomic E-state index is 3.82. The van der Waals surface area contributed by atoms with E-state index in [0.717, 1.165) is 11.8 Å². The Bertz CT molecular complexity index is 460. The third-order valence-electron chi connectivity index (χ3n) is 5.56. The monoisotopic (exact) mass is 298 g/mol. The Balaban J connectivity index is 2.09. The van der Waals surface area contributed by atoms with Crippen LogP contribution in [0.3, 0.4) is 0 Å². The maximum Gasteiger partial charge on any atom is 0.00539 e. The van der Waals surface area contributed by atoms with Crippen molar-refractivity contribution in [2.75, 3.05) is 0 Å². The van der Waals surface area contributed by atoms with Crippen molar-refractivity contribution in [3.63, 3.8) is 0 Å². The Morgan fingerprint density at radius 2 is 1.91 bits per heavy atom. The molecule has 0 amide bonds. The predicted octanol–water partition coefficient (Wildman–Crippen LogP) is 7.01. The molecule has 0 nitrogen and oxygen atoms in total. The number of unbranched alkanes of at least 4 members (excludes halogenated alkanes) is 3. The SMILES string of the molecule is C=CCCCCCC1=C(CCC)C2C=C(CC)C=CC2C1C. The van der Waals surface area contributed by atoms with Gasteiger partial charge in [-0.1, -0.05) is 74.6 Å². The van der Waals surface area contributed by atoms with E-state index in [2.05, 4.69) is 51.7 Å². The molecule has 0 spiro atoms. The Kier molecular flexibility index (Phi) is 6.73. The van der Waals surface area contributed by atoms with Gasteiger partial charge < -0.3 is 0 Å². The van der Waals surface area contributed by atoms with Crippen molar-refractivity contribution < 1.29 is 0 Å². The van der Waals surface area contributed by atoms with E-state index in [-0.39, 0.29) is 0 Å². The zero-order chi connectivity index (χ0) is 15.9. The van der Waals surface area contributed by atoms with Gasteiger partial charge in [0.15, 0.2) is 0 Å². The molecular formula is C22H34. The zero-order valence-corrected chi connectivity index (χ0v) is 14.9. The molecule has 0 aromatic heterocycles. The standard InChI is InChI=1S/C22H34/c1-5-8-9-10-11-13-19-17(4)20-15-14-18(7-3)16-22(20)21(19)12-6-2/h5,14-17,20,22H,1,6-13H2,2-4H3. The van der Waals surface area contributed by atoms with E-state index in [9.17, 15) is 0 Å². The minimum Gasteiger partial charge on any atom is -0.103 e. The van der Waals surface area contributed by atoms with Crippen LogP contribution in [-0.2, 0) is 0 Å². The highest BCUT2D eigenvalue weighted by atomic mass is 14.4. The van der Waals surface area contributed by atoms with Crippen molar-refractivity contribution in [1.29, 1.82) is 0 Å². The highest BCUT2D eigenvalue weighted by molar-refractivity contribution is 5.39. The molecule has 0 saturated carbocycles. The molecule has 2 aliphatic rings. The first-order chi connectivity index (χ1) is 10.7. The van der Waals surface area contributed by atoms with E-state index >= 15 is 0 Å². The molecule has 0 aromatic rings. The summed E-state index contributed by atoms with van der Waals surface area (Å²) in [6.07, 6.45) is 19.8. The highest BCUT2D eigenvalue weighted by Gasteiger charge is 2.37. The van der Waals surface area contributed by atoms with Crippen LogP contribution in [0.1, 0.15) is 72.1 Å². The molecule has 0 N–H and O–H groups in total. The lowest BCUT2D eigenvalue weighted by molar-refractivity contribution is 0.448. The largest absolute Gasteiger partial charge is 0.103 e. The van der Waals surface area contributed by atoms with Crippen LogP contribution in [0.4, 0.5) is 0 Å². The van der Waals surface area contributed by atoms with E-state index in [1.165, 1.54) is 56.9 Å². The van der Waals surface area contributed by atoms with Crippen molar-refractivity contribution in [3.8, 4) is 0 Å². The molecule has 122 valence electrons. The molecule has 3 unspecified atom stereocenters. The Morgan fingerprint density at radius 1 is 1.09 bits per heavy atom. The maximum atomic E-state index is 3.82. The summed E-state index contributed by atoms with van der Waals surface area (Å²) in [5.74, 6) is 2.19. The minimum absolute atomic E-state index is 0.707. The molecule has 0 radical (unpaired) electrons. The van der Waals surface area contributed by atoms with Crippen LogP contribution in [0.25, 0.3) is 0 Å². The quantitative estimate of drug-likeness (QED) is 0.317. The molecule has 0 heterocycles. The smallest absolute Gasteiger partial charge is 0.00539 e. The van der Waals surface area contributed by atoms with Gasteiger partial charge in [0.25, 0.3) is 0 Å². The first-order valence-corrected chi connectivity index (χ1v) is 9.44. The second-order valence-corrected chi connectivity index (χ2v) is 7.03. The number of allylic oxidation sites excluding steroid dienone is 7. The van der Waals surface area contributed by atoms with Crippen LogP contribution >= 0.6 is 0 Å². The third-order valence-corrected chi connectivity index (χ3v) is 5.56. The molecule has 2 aliphatic carbocycles. The van der Waals surface area contributed by atoms with Crippen LogP contribution in [0.15, 0.2) is 47.6 Å². The van der Waals surface area contributed by atoms with Gasteiger partial charge in [-0.15, -0.1) is 6.58 Å². The average Bonchev–Trinajstić information content (AvgIpc) is 2.80. The average molecular weight is 299 g/mol. The molecule has 0 saturated heterocycles. The van der Waals surface area contributed by atoms with Gasteiger partial charge in [-0.05, 0) is 50.4 Å². The van der Waals surface area contributed by atoms with Crippen molar-refractivity contribution in [2.24, 2.45) is 17.8 Å². The molecule has 2 rings (SSSR count). The van der Waals surface area contributed by atoms with Gasteiger partial charge in [0.1, 0.15) is 0 Å². The fourth-order valence-electron chi connectivity index (χ4n) is 4.30. The fourth-order valence-corrected chi connectivity index (χ4v) is 4.30. The van der Waals surface area contributed by atoms with Gasteiger partial charge in [0.2, 0.25) is 0 Å². The van der Waals surface area contributed by atoms with Crippen molar-refractivity contribution in [2.45, 2.75) is 72.1 Å². The number of fused-ring (bicyclic) bond motifs is 1. The summed E-state index contributed by atoms with van der Waals surface area (Å²) in [6, 6.07) is 0. The summed E-state index contributed by atoms with van der Waals surface area (Å²) in [4.78, 5) is 0. The minimum atomic E-state index is 0.707. The van der Waals surface area contributed by atoms with E-state index < -0.39 is 0 Å². The highest BCUT2D eigenvalue weighted by Crippen LogP contribution is 2.49. The lowest BCUT2D eigenvalue weighted by Gasteiger charge is -2.24. The summed E-state index contributed by atoms with van der Waals surface area (Å²) in [7, 11) is 0. The number of rotatable bonds is 9. The van der Waals surface area contributed by atoms with E-state index in [1.54, 1.807) is 11.1 Å². The Morgan fingerprint density at radius 3 is 2.59 bits per heavy atom. The van der Waals surface area contributed by atoms with E-state index in [0.29, 0.717) is 5.92 Å². The first-order valence-electron chi connectivity index (χ1n) is 9.44. The summed E-state index contributed by atoms with van der Waals surface area (Å²) >= 11 is 0. The molecule has 0 aliphatic heterocycles. The predicted molar refractivity (Wildman–Crippen MR) is 98.9 cm³/mol. The van der Waals surface area contributed by atoms with Crippen LogP contribution in [0.2, 0.25) is 0 Å². The second kappa shape index (κ2) is 8.56. The summed E-state index contributed by atoms with van der Waals surface area (Å²) in [5.41, 5.74) is 5.13. The van der Waals surface area contributed by atoms with Gasteiger partial charge in [0.05, 0.1) is 0 Å². The molecule has 0 aromatic carbocycles. The molecular weight excluding hydrogens is 264 g/mol. The Hall–Kier alpha value is -1.04. The molecule has 22 heavy (non-hydrogen) atoms.